The highest BCUT2D eigenvalue weighted by molar-refractivity contribution is 9.10. The third-order valence-corrected chi connectivity index (χ3v) is 7.10. The van der Waals surface area contributed by atoms with Crippen LogP contribution in [-0.4, -0.2) is 42.8 Å². The Morgan fingerprint density at radius 3 is 2.08 bits per heavy atom. The minimum Gasteiger partial charge on any atom is -0.291 e. The first-order valence-electron chi connectivity index (χ1n) is 8.43. The van der Waals surface area contributed by atoms with E-state index in [4.69, 9.17) is 0 Å². The standard InChI is InChI=1S/C19H23BrN2O2S/c1-15-12-21(25(23,24)19-10-8-18(20)9-11-19)13-16(2)22(15)14-17-6-4-3-5-7-17/h3-11,15-16H,12-14H2,1-2H3. The van der Waals surface area contributed by atoms with Crippen LogP contribution in [0.4, 0.5) is 0 Å². The van der Waals surface area contributed by atoms with Crippen molar-refractivity contribution < 1.29 is 8.42 Å². The normalized spacial score (nSPS) is 22.8. The highest BCUT2D eigenvalue weighted by Gasteiger charge is 2.35. The lowest BCUT2D eigenvalue weighted by Gasteiger charge is -2.43. The van der Waals surface area contributed by atoms with Crippen LogP contribution in [0, 0.1) is 0 Å². The molecular formula is C19H23BrN2O2S. The zero-order chi connectivity index (χ0) is 18.0. The minimum absolute atomic E-state index is 0.161. The van der Waals surface area contributed by atoms with Crippen molar-refractivity contribution in [2.75, 3.05) is 13.1 Å². The number of piperazine rings is 1. The van der Waals surface area contributed by atoms with Crippen molar-refractivity contribution in [2.24, 2.45) is 0 Å². The quantitative estimate of drug-likeness (QED) is 0.753. The van der Waals surface area contributed by atoms with Gasteiger partial charge in [-0.2, -0.15) is 4.31 Å². The van der Waals surface area contributed by atoms with Gasteiger partial charge in [-0.15, -0.1) is 0 Å². The summed E-state index contributed by atoms with van der Waals surface area (Å²) < 4.78 is 28.4. The molecule has 2 aromatic carbocycles. The van der Waals surface area contributed by atoms with E-state index in [2.05, 4.69) is 46.8 Å². The highest BCUT2D eigenvalue weighted by Crippen LogP contribution is 2.25. The number of sulfonamides is 1. The number of nitrogens with zero attached hydrogens (tertiary/aromatic N) is 2. The molecule has 1 heterocycles. The molecule has 6 heteroatoms. The van der Waals surface area contributed by atoms with E-state index in [1.165, 1.54) is 5.56 Å². The summed E-state index contributed by atoms with van der Waals surface area (Å²) in [5.41, 5.74) is 1.26. The van der Waals surface area contributed by atoms with Crippen LogP contribution in [0.1, 0.15) is 19.4 Å². The van der Waals surface area contributed by atoms with E-state index in [9.17, 15) is 8.42 Å². The van der Waals surface area contributed by atoms with Crippen molar-refractivity contribution in [3.8, 4) is 0 Å². The largest absolute Gasteiger partial charge is 0.291 e. The molecule has 0 radical (unpaired) electrons. The molecule has 0 aliphatic carbocycles. The predicted molar refractivity (Wildman–Crippen MR) is 104 cm³/mol. The van der Waals surface area contributed by atoms with Gasteiger partial charge in [0.15, 0.2) is 0 Å². The van der Waals surface area contributed by atoms with E-state index in [1.54, 1.807) is 28.6 Å². The second-order valence-electron chi connectivity index (χ2n) is 6.63. The molecule has 1 saturated heterocycles. The van der Waals surface area contributed by atoms with Gasteiger partial charge in [0.25, 0.3) is 0 Å². The Balaban J connectivity index is 1.76. The lowest BCUT2D eigenvalue weighted by molar-refractivity contribution is 0.0699. The van der Waals surface area contributed by atoms with E-state index in [-0.39, 0.29) is 12.1 Å². The topological polar surface area (TPSA) is 40.6 Å². The zero-order valence-corrected chi connectivity index (χ0v) is 16.9. The molecule has 3 rings (SSSR count). The fraction of sp³-hybridized carbons (Fsp3) is 0.368. The molecule has 0 bridgehead atoms. The van der Waals surface area contributed by atoms with Gasteiger partial charge in [-0.05, 0) is 43.7 Å². The van der Waals surface area contributed by atoms with Crippen LogP contribution in [0.25, 0.3) is 0 Å². The van der Waals surface area contributed by atoms with Gasteiger partial charge in [0, 0.05) is 36.2 Å². The summed E-state index contributed by atoms with van der Waals surface area (Å²) in [4.78, 5) is 2.73. The van der Waals surface area contributed by atoms with E-state index in [1.807, 2.05) is 18.2 Å². The van der Waals surface area contributed by atoms with Crippen LogP contribution in [-0.2, 0) is 16.6 Å². The number of rotatable bonds is 4. The number of hydrogen-bond donors (Lipinski definition) is 0. The Kier molecular flexibility index (Phi) is 5.63. The van der Waals surface area contributed by atoms with Gasteiger partial charge >= 0.3 is 0 Å². The second kappa shape index (κ2) is 7.58. The number of benzene rings is 2. The molecule has 2 unspecified atom stereocenters. The fourth-order valence-electron chi connectivity index (χ4n) is 3.37. The van der Waals surface area contributed by atoms with E-state index in [0.717, 1.165) is 11.0 Å². The van der Waals surface area contributed by atoms with Crippen LogP contribution < -0.4 is 0 Å². The maximum absolute atomic E-state index is 12.9. The molecule has 1 aliphatic heterocycles. The van der Waals surface area contributed by atoms with Gasteiger partial charge < -0.3 is 0 Å². The molecule has 1 aliphatic rings. The summed E-state index contributed by atoms with van der Waals surface area (Å²) >= 11 is 3.35. The fourth-order valence-corrected chi connectivity index (χ4v) is 5.23. The lowest BCUT2D eigenvalue weighted by Crippen LogP contribution is -2.57. The summed E-state index contributed by atoms with van der Waals surface area (Å²) in [6, 6.07) is 17.5. The third-order valence-electron chi connectivity index (χ3n) is 4.73. The lowest BCUT2D eigenvalue weighted by atomic mass is 10.1. The van der Waals surface area contributed by atoms with Gasteiger partial charge in [-0.1, -0.05) is 46.3 Å². The van der Waals surface area contributed by atoms with Crippen molar-refractivity contribution in [1.29, 1.82) is 0 Å². The first-order chi connectivity index (χ1) is 11.9. The number of halogens is 1. The average Bonchev–Trinajstić information content (AvgIpc) is 2.59. The Bertz CT molecular complexity index is 797. The molecule has 2 aromatic rings. The molecule has 0 spiro atoms. The molecule has 134 valence electrons. The van der Waals surface area contributed by atoms with Crippen LogP contribution in [0.2, 0.25) is 0 Å². The molecule has 1 fully saturated rings. The molecule has 2 atom stereocenters. The summed E-state index contributed by atoms with van der Waals surface area (Å²) in [6.07, 6.45) is 0. The van der Waals surface area contributed by atoms with Gasteiger partial charge in [0.1, 0.15) is 0 Å². The Hall–Kier alpha value is -1.21. The SMILES string of the molecule is CC1CN(S(=O)(=O)c2ccc(Br)cc2)CC(C)N1Cc1ccccc1. The minimum atomic E-state index is -3.46. The van der Waals surface area contributed by atoms with Crippen molar-refractivity contribution in [1.82, 2.24) is 9.21 Å². The van der Waals surface area contributed by atoms with Crippen molar-refractivity contribution >= 4 is 26.0 Å². The molecule has 0 saturated carbocycles. The van der Waals surface area contributed by atoms with Crippen LogP contribution in [0.3, 0.4) is 0 Å². The zero-order valence-electron chi connectivity index (χ0n) is 14.5. The maximum atomic E-state index is 12.9. The summed E-state index contributed by atoms with van der Waals surface area (Å²) in [5.74, 6) is 0. The predicted octanol–water partition coefficient (Wildman–Crippen LogP) is 3.73. The van der Waals surface area contributed by atoms with Crippen molar-refractivity contribution in [2.45, 2.75) is 37.4 Å². The van der Waals surface area contributed by atoms with E-state index in [0.29, 0.717) is 18.0 Å². The van der Waals surface area contributed by atoms with E-state index < -0.39 is 10.0 Å². The number of hydrogen-bond acceptors (Lipinski definition) is 3. The Labute approximate surface area is 158 Å². The molecule has 25 heavy (non-hydrogen) atoms. The van der Waals surface area contributed by atoms with Crippen LogP contribution >= 0.6 is 15.9 Å². The molecule has 4 nitrogen and oxygen atoms in total. The first kappa shape index (κ1) is 18.6. The van der Waals surface area contributed by atoms with Crippen molar-refractivity contribution in [3.63, 3.8) is 0 Å². The van der Waals surface area contributed by atoms with Crippen molar-refractivity contribution in [3.05, 3.63) is 64.6 Å². The molecule has 0 N–H and O–H groups in total. The monoisotopic (exact) mass is 422 g/mol. The molecular weight excluding hydrogens is 400 g/mol. The maximum Gasteiger partial charge on any atom is 0.243 e. The summed E-state index contributed by atoms with van der Waals surface area (Å²) in [7, 11) is -3.46. The Morgan fingerprint density at radius 2 is 1.52 bits per heavy atom. The summed E-state index contributed by atoms with van der Waals surface area (Å²) in [6.45, 7) is 6.06. The Morgan fingerprint density at radius 1 is 0.960 bits per heavy atom. The second-order valence-corrected chi connectivity index (χ2v) is 9.49. The third kappa shape index (κ3) is 4.14. The van der Waals surface area contributed by atoms with Gasteiger partial charge in [-0.25, -0.2) is 8.42 Å². The first-order valence-corrected chi connectivity index (χ1v) is 10.7. The smallest absolute Gasteiger partial charge is 0.243 e. The van der Waals surface area contributed by atoms with E-state index >= 15 is 0 Å². The molecule has 0 amide bonds. The highest BCUT2D eigenvalue weighted by atomic mass is 79.9. The van der Waals surface area contributed by atoms with Crippen LogP contribution in [0.15, 0.2) is 64.0 Å². The van der Waals surface area contributed by atoms with Crippen LogP contribution in [0.5, 0.6) is 0 Å². The average molecular weight is 423 g/mol. The summed E-state index contributed by atoms with van der Waals surface area (Å²) in [5, 5.41) is 0. The molecule has 0 aromatic heterocycles. The van der Waals surface area contributed by atoms with Gasteiger partial charge in [0.2, 0.25) is 10.0 Å². The van der Waals surface area contributed by atoms with Gasteiger partial charge in [-0.3, -0.25) is 4.90 Å². The van der Waals surface area contributed by atoms with Gasteiger partial charge in [0.05, 0.1) is 4.90 Å².